The number of nitrogens with one attached hydrogen (secondary N) is 1. The highest BCUT2D eigenvalue weighted by Gasteiger charge is 2.22. The minimum absolute atomic E-state index is 0.0576. The zero-order chi connectivity index (χ0) is 12.8. The number of nitro groups is 1. The molecule has 0 fully saturated rings. The molecule has 0 radical (unpaired) electrons. The van der Waals surface area contributed by atoms with E-state index >= 15 is 0 Å². The summed E-state index contributed by atoms with van der Waals surface area (Å²) >= 11 is 5.67. The summed E-state index contributed by atoms with van der Waals surface area (Å²) in [5.41, 5.74) is -0.490. The maximum Gasteiger partial charge on any atom is 0.300 e. The molecule has 0 bridgehead atoms. The topological polar surface area (TPSA) is 92.5 Å². The lowest BCUT2D eigenvalue weighted by molar-refractivity contribution is -0.385. The van der Waals surface area contributed by atoms with Crippen molar-refractivity contribution in [3.63, 3.8) is 0 Å². The van der Waals surface area contributed by atoms with Crippen molar-refractivity contribution < 1.29 is 14.8 Å². The van der Waals surface area contributed by atoms with Gasteiger partial charge in [0.05, 0.1) is 4.92 Å². The second-order valence-electron chi connectivity index (χ2n) is 3.23. The third-order valence-electron chi connectivity index (χ3n) is 2.03. The number of carbonyl (C=O) groups is 1. The second kappa shape index (κ2) is 6.17. The molecule has 2 N–H and O–H groups in total. The predicted octanol–water partition coefficient (Wildman–Crippen LogP) is 1.36. The lowest BCUT2D eigenvalue weighted by Crippen LogP contribution is -2.25. The average molecular weight is 259 g/mol. The molecule has 0 aliphatic rings. The lowest BCUT2D eigenvalue weighted by atomic mass is 10.1. The highest BCUT2D eigenvalue weighted by molar-refractivity contribution is 6.33. The highest BCUT2D eigenvalue weighted by atomic mass is 35.5. The summed E-state index contributed by atoms with van der Waals surface area (Å²) in [5.74, 6) is -0.576. The van der Waals surface area contributed by atoms with Gasteiger partial charge < -0.3 is 10.4 Å². The standard InChI is InChI=1S/C10H11ClN2O4/c11-8-4-1-3-7(9(8)13(16)17)10(15)12-5-2-6-14/h1,3-4,14H,2,5-6H2,(H,12,15). The molecular formula is C10H11ClN2O4. The SMILES string of the molecule is O=C(NCCCO)c1cccc(Cl)c1[N+](=O)[O-]. The fourth-order valence-electron chi connectivity index (χ4n) is 1.26. The molecule has 1 aromatic carbocycles. The summed E-state index contributed by atoms with van der Waals surface area (Å²) in [7, 11) is 0. The van der Waals surface area contributed by atoms with E-state index < -0.39 is 16.5 Å². The first-order valence-electron chi connectivity index (χ1n) is 4.90. The molecule has 17 heavy (non-hydrogen) atoms. The number of hydrogen-bond acceptors (Lipinski definition) is 4. The van der Waals surface area contributed by atoms with Crippen LogP contribution in [0.2, 0.25) is 5.02 Å². The molecule has 1 aromatic rings. The van der Waals surface area contributed by atoms with Crippen molar-refractivity contribution in [2.75, 3.05) is 13.2 Å². The van der Waals surface area contributed by atoms with Crippen LogP contribution in [-0.2, 0) is 0 Å². The maximum atomic E-state index is 11.6. The van der Waals surface area contributed by atoms with Gasteiger partial charge >= 0.3 is 5.69 Å². The van der Waals surface area contributed by atoms with E-state index in [0.29, 0.717) is 6.42 Å². The van der Waals surface area contributed by atoms with Crippen LogP contribution < -0.4 is 5.32 Å². The number of carbonyl (C=O) groups excluding carboxylic acids is 1. The van der Waals surface area contributed by atoms with Crippen LogP contribution in [0.15, 0.2) is 18.2 Å². The zero-order valence-electron chi connectivity index (χ0n) is 8.85. The van der Waals surface area contributed by atoms with Crippen LogP contribution >= 0.6 is 11.6 Å². The number of hydrogen-bond donors (Lipinski definition) is 2. The summed E-state index contributed by atoms with van der Waals surface area (Å²) < 4.78 is 0. The predicted molar refractivity (Wildman–Crippen MR) is 62.1 cm³/mol. The van der Waals surface area contributed by atoms with Gasteiger partial charge in [-0.15, -0.1) is 0 Å². The minimum atomic E-state index is -0.691. The van der Waals surface area contributed by atoms with E-state index in [1.807, 2.05) is 0 Å². The van der Waals surface area contributed by atoms with E-state index in [9.17, 15) is 14.9 Å². The fraction of sp³-hybridized carbons (Fsp3) is 0.300. The Kier molecular flexibility index (Phi) is 4.86. The molecule has 0 heterocycles. The van der Waals surface area contributed by atoms with Crippen molar-refractivity contribution >= 4 is 23.2 Å². The van der Waals surface area contributed by atoms with Crippen molar-refractivity contribution in [2.24, 2.45) is 0 Å². The van der Waals surface area contributed by atoms with Gasteiger partial charge in [0, 0.05) is 13.2 Å². The summed E-state index contributed by atoms with van der Waals surface area (Å²) in [5, 5.41) is 21.7. The Hall–Kier alpha value is -1.66. The van der Waals surface area contributed by atoms with Crippen molar-refractivity contribution in [3.8, 4) is 0 Å². The monoisotopic (exact) mass is 258 g/mol. The van der Waals surface area contributed by atoms with Gasteiger partial charge in [-0.3, -0.25) is 14.9 Å². The Morgan fingerprint density at radius 2 is 2.24 bits per heavy atom. The van der Waals surface area contributed by atoms with Crippen LogP contribution in [-0.4, -0.2) is 29.1 Å². The number of para-hydroxylation sites is 1. The normalized spacial score (nSPS) is 10.0. The molecule has 6 nitrogen and oxygen atoms in total. The first kappa shape index (κ1) is 13.4. The van der Waals surface area contributed by atoms with Gasteiger partial charge in [0.2, 0.25) is 0 Å². The highest BCUT2D eigenvalue weighted by Crippen LogP contribution is 2.27. The van der Waals surface area contributed by atoms with Gasteiger partial charge in [0.25, 0.3) is 5.91 Å². The molecule has 0 atom stereocenters. The van der Waals surface area contributed by atoms with Crippen LogP contribution in [0.5, 0.6) is 0 Å². The first-order valence-corrected chi connectivity index (χ1v) is 5.27. The maximum absolute atomic E-state index is 11.6. The van der Waals surface area contributed by atoms with Crippen molar-refractivity contribution in [1.82, 2.24) is 5.32 Å². The molecule has 0 aromatic heterocycles. The Labute approximate surface area is 102 Å². The van der Waals surface area contributed by atoms with E-state index in [-0.39, 0.29) is 23.7 Å². The van der Waals surface area contributed by atoms with E-state index in [1.54, 1.807) is 0 Å². The van der Waals surface area contributed by atoms with Gasteiger partial charge in [-0.05, 0) is 18.6 Å². The molecule has 0 saturated carbocycles. The molecule has 0 aliphatic heterocycles. The van der Waals surface area contributed by atoms with Crippen LogP contribution in [0.1, 0.15) is 16.8 Å². The van der Waals surface area contributed by atoms with Crippen molar-refractivity contribution in [3.05, 3.63) is 38.9 Å². The molecular weight excluding hydrogens is 248 g/mol. The summed E-state index contributed by atoms with van der Waals surface area (Å²) in [6, 6.07) is 4.15. The van der Waals surface area contributed by atoms with Gasteiger partial charge in [-0.2, -0.15) is 0 Å². The molecule has 1 amide bonds. The molecule has 0 unspecified atom stereocenters. The Balaban J connectivity index is 2.93. The Bertz CT molecular complexity index is 436. The number of nitrogens with zero attached hydrogens (tertiary/aromatic N) is 1. The first-order chi connectivity index (χ1) is 8.07. The van der Waals surface area contributed by atoms with E-state index in [4.69, 9.17) is 16.7 Å². The van der Waals surface area contributed by atoms with E-state index in [0.717, 1.165) is 0 Å². The number of halogens is 1. The van der Waals surface area contributed by atoms with Crippen LogP contribution in [0.4, 0.5) is 5.69 Å². The quantitative estimate of drug-likeness (QED) is 0.474. The molecule has 0 saturated heterocycles. The van der Waals surface area contributed by atoms with E-state index in [1.165, 1.54) is 18.2 Å². The van der Waals surface area contributed by atoms with Gasteiger partial charge in [0.1, 0.15) is 10.6 Å². The number of aliphatic hydroxyl groups excluding tert-OH is 1. The number of nitro benzene ring substituents is 1. The smallest absolute Gasteiger partial charge is 0.300 e. The third kappa shape index (κ3) is 3.40. The number of benzene rings is 1. The minimum Gasteiger partial charge on any atom is -0.396 e. The number of rotatable bonds is 5. The molecule has 0 spiro atoms. The third-order valence-corrected chi connectivity index (χ3v) is 2.34. The Morgan fingerprint density at radius 1 is 1.53 bits per heavy atom. The fourth-order valence-corrected chi connectivity index (χ4v) is 1.50. The van der Waals surface area contributed by atoms with Crippen molar-refractivity contribution in [1.29, 1.82) is 0 Å². The molecule has 0 aliphatic carbocycles. The molecule has 1 rings (SSSR count). The second-order valence-corrected chi connectivity index (χ2v) is 3.63. The Morgan fingerprint density at radius 3 is 2.82 bits per heavy atom. The van der Waals surface area contributed by atoms with E-state index in [2.05, 4.69) is 5.32 Å². The van der Waals surface area contributed by atoms with Gasteiger partial charge in [-0.25, -0.2) is 0 Å². The molecule has 7 heteroatoms. The van der Waals surface area contributed by atoms with Gasteiger partial charge in [-0.1, -0.05) is 17.7 Å². The lowest BCUT2D eigenvalue weighted by Gasteiger charge is -2.05. The van der Waals surface area contributed by atoms with Crippen LogP contribution in [0.3, 0.4) is 0 Å². The van der Waals surface area contributed by atoms with Crippen LogP contribution in [0.25, 0.3) is 0 Å². The van der Waals surface area contributed by atoms with Crippen LogP contribution in [0, 0.1) is 10.1 Å². The van der Waals surface area contributed by atoms with Crippen molar-refractivity contribution in [2.45, 2.75) is 6.42 Å². The van der Waals surface area contributed by atoms with Gasteiger partial charge in [0.15, 0.2) is 0 Å². The molecule has 92 valence electrons. The zero-order valence-corrected chi connectivity index (χ0v) is 9.61. The average Bonchev–Trinajstić information content (AvgIpc) is 2.28. The summed E-state index contributed by atoms with van der Waals surface area (Å²) in [6.07, 6.45) is 0.389. The largest absolute Gasteiger partial charge is 0.396 e. The summed E-state index contributed by atoms with van der Waals surface area (Å²) in [4.78, 5) is 21.7. The number of aliphatic hydroxyl groups is 1. The summed E-state index contributed by atoms with van der Waals surface area (Å²) in [6.45, 7) is 0.191. The number of amides is 1.